The van der Waals surface area contributed by atoms with Crippen LogP contribution in [0.25, 0.3) is 10.1 Å². The Balaban J connectivity index is 2.03. The van der Waals surface area contributed by atoms with E-state index in [0.29, 0.717) is 17.1 Å². The van der Waals surface area contributed by atoms with Crippen molar-refractivity contribution in [3.63, 3.8) is 0 Å². The zero-order chi connectivity index (χ0) is 15.1. The summed E-state index contributed by atoms with van der Waals surface area (Å²) in [5, 5.41) is 0.928. The molecule has 0 bridgehead atoms. The highest BCUT2D eigenvalue weighted by Gasteiger charge is 2.24. The summed E-state index contributed by atoms with van der Waals surface area (Å²) in [5.74, 6) is 0.0366. The Hall–Kier alpha value is -1.88. The van der Waals surface area contributed by atoms with E-state index in [-0.39, 0.29) is 5.91 Å². The van der Waals surface area contributed by atoms with Gasteiger partial charge in [0.15, 0.2) is 0 Å². The SMILES string of the molecule is CC1=CCN(C(=O)c2sc3cc(C)nc(C)c3c2N)CC1. The highest BCUT2D eigenvalue weighted by atomic mass is 32.1. The van der Waals surface area contributed by atoms with Gasteiger partial charge in [-0.1, -0.05) is 11.6 Å². The lowest BCUT2D eigenvalue weighted by atomic mass is 10.1. The molecule has 0 saturated heterocycles. The lowest BCUT2D eigenvalue weighted by Gasteiger charge is -2.25. The molecule has 1 amide bonds. The molecular weight excluding hydrogens is 282 g/mol. The Morgan fingerprint density at radius 3 is 2.81 bits per heavy atom. The second kappa shape index (κ2) is 5.15. The van der Waals surface area contributed by atoms with E-state index in [9.17, 15) is 4.79 Å². The maximum atomic E-state index is 12.7. The van der Waals surface area contributed by atoms with E-state index < -0.39 is 0 Å². The molecule has 3 rings (SSSR count). The second-order valence-electron chi connectivity index (χ2n) is 5.62. The average molecular weight is 301 g/mol. The van der Waals surface area contributed by atoms with Gasteiger partial charge in [-0.15, -0.1) is 11.3 Å². The molecule has 1 aliphatic heterocycles. The largest absolute Gasteiger partial charge is 0.397 e. The molecular formula is C16H19N3OS. The number of thiophene rings is 1. The summed E-state index contributed by atoms with van der Waals surface area (Å²) in [4.78, 5) is 19.7. The first-order valence-corrected chi connectivity index (χ1v) is 7.90. The van der Waals surface area contributed by atoms with Gasteiger partial charge < -0.3 is 10.6 Å². The summed E-state index contributed by atoms with van der Waals surface area (Å²) < 4.78 is 1.05. The molecule has 0 saturated carbocycles. The Morgan fingerprint density at radius 1 is 1.38 bits per heavy atom. The maximum absolute atomic E-state index is 12.7. The van der Waals surface area contributed by atoms with E-state index in [1.54, 1.807) is 0 Å². The van der Waals surface area contributed by atoms with Gasteiger partial charge in [-0.25, -0.2) is 0 Å². The fourth-order valence-corrected chi connectivity index (χ4v) is 3.97. The molecule has 110 valence electrons. The van der Waals surface area contributed by atoms with E-state index in [4.69, 9.17) is 5.73 Å². The van der Waals surface area contributed by atoms with Crippen LogP contribution in [-0.4, -0.2) is 28.9 Å². The van der Waals surface area contributed by atoms with Crippen LogP contribution < -0.4 is 5.73 Å². The molecule has 3 heterocycles. The maximum Gasteiger partial charge on any atom is 0.266 e. The average Bonchev–Trinajstić information content (AvgIpc) is 2.76. The van der Waals surface area contributed by atoms with Crippen molar-refractivity contribution in [2.24, 2.45) is 0 Å². The monoisotopic (exact) mass is 301 g/mol. The number of nitrogen functional groups attached to an aromatic ring is 1. The van der Waals surface area contributed by atoms with Crippen molar-refractivity contribution >= 4 is 33.0 Å². The van der Waals surface area contributed by atoms with Crippen molar-refractivity contribution in [1.29, 1.82) is 0 Å². The smallest absolute Gasteiger partial charge is 0.266 e. The number of hydrogen-bond acceptors (Lipinski definition) is 4. The standard InChI is InChI=1S/C16H19N3OS/c1-9-4-6-19(7-5-9)16(20)15-14(17)13-11(3)18-10(2)8-12(13)21-15/h4,8H,5-7,17H2,1-3H3. The number of nitrogens with zero attached hydrogens (tertiary/aromatic N) is 2. The zero-order valence-electron chi connectivity index (χ0n) is 12.6. The van der Waals surface area contributed by atoms with E-state index in [2.05, 4.69) is 18.0 Å². The second-order valence-corrected chi connectivity index (χ2v) is 6.67. The molecule has 5 heteroatoms. The third-order valence-corrected chi connectivity index (χ3v) is 5.08. The quantitative estimate of drug-likeness (QED) is 0.822. The predicted octanol–water partition coefficient (Wildman–Crippen LogP) is 3.29. The van der Waals surface area contributed by atoms with Gasteiger partial charge in [0.1, 0.15) is 4.88 Å². The van der Waals surface area contributed by atoms with Crippen molar-refractivity contribution in [2.75, 3.05) is 18.8 Å². The van der Waals surface area contributed by atoms with Gasteiger partial charge in [0, 0.05) is 34.6 Å². The molecule has 0 spiro atoms. The highest BCUT2D eigenvalue weighted by Crippen LogP contribution is 2.36. The highest BCUT2D eigenvalue weighted by molar-refractivity contribution is 7.21. The third-order valence-electron chi connectivity index (χ3n) is 3.94. The number of nitrogens with two attached hydrogens (primary N) is 1. The number of aryl methyl sites for hydroxylation is 2. The molecule has 0 fully saturated rings. The summed E-state index contributed by atoms with van der Waals surface area (Å²) in [6, 6.07) is 2.00. The summed E-state index contributed by atoms with van der Waals surface area (Å²) in [7, 11) is 0. The number of anilines is 1. The van der Waals surface area contributed by atoms with Crippen LogP contribution in [-0.2, 0) is 0 Å². The van der Waals surface area contributed by atoms with Crippen molar-refractivity contribution in [3.05, 3.63) is 34.0 Å². The normalized spacial score (nSPS) is 15.4. The fraction of sp³-hybridized carbons (Fsp3) is 0.375. The van der Waals surface area contributed by atoms with E-state index in [1.165, 1.54) is 16.9 Å². The Kier molecular flexibility index (Phi) is 3.45. The Labute approximate surface area is 128 Å². The Bertz CT molecular complexity index is 760. The van der Waals surface area contributed by atoms with Crippen molar-refractivity contribution in [2.45, 2.75) is 27.2 Å². The van der Waals surface area contributed by atoms with Crippen LogP contribution >= 0.6 is 11.3 Å². The van der Waals surface area contributed by atoms with Crippen LogP contribution in [0.1, 0.15) is 34.4 Å². The van der Waals surface area contributed by atoms with Crippen LogP contribution in [0.5, 0.6) is 0 Å². The molecule has 21 heavy (non-hydrogen) atoms. The number of carbonyl (C=O) groups is 1. The summed E-state index contributed by atoms with van der Waals surface area (Å²) >= 11 is 1.48. The first-order valence-electron chi connectivity index (χ1n) is 7.08. The van der Waals surface area contributed by atoms with Crippen LogP contribution in [0, 0.1) is 13.8 Å². The molecule has 2 aromatic heterocycles. The molecule has 0 unspecified atom stereocenters. The molecule has 2 aromatic rings. The number of aromatic nitrogens is 1. The molecule has 0 atom stereocenters. The first kappa shape index (κ1) is 14.1. The molecule has 0 aliphatic carbocycles. The van der Waals surface area contributed by atoms with Gasteiger partial charge >= 0.3 is 0 Å². The minimum Gasteiger partial charge on any atom is -0.397 e. The van der Waals surface area contributed by atoms with Gasteiger partial charge in [-0.3, -0.25) is 9.78 Å². The lowest BCUT2D eigenvalue weighted by molar-refractivity contribution is 0.0775. The van der Waals surface area contributed by atoms with Crippen LogP contribution in [0.15, 0.2) is 17.7 Å². The number of hydrogen-bond donors (Lipinski definition) is 1. The molecule has 2 N–H and O–H groups in total. The van der Waals surface area contributed by atoms with Crippen molar-refractivity contribution < 1.29 is 4.79 Å². The first-order chi connectivity index (χ1) is 9.97. The van der Waals surface area contributed by atoms with E-state index in [0.717, 1.165) is 34.4 Å². The van der Waals surface area contributed by atoms with Crippen molar-refractivity contribution in [1.82, 2.24) is 9.88 Å². The number of pyridine rings is 1. The zero-order valence-corrected chi connectivity index (χ0v) is 13.4. The minimum atomic E-state index is 0.0366. The summed E-state index contributed by atoms with van der Waals surface area (Å²) in [5.41, 5.74) is 10.0. The van der Waals surface area contributed by atoms with Gasteiger partial charge in [0.05, 0.1) is 5.69 Å². The third kappa shape index (κ3) is 2.42. The van der Waals surface area contributed by atoms with Crippen LogP contribution in [0.2, 0.25) is 0 Å². The van der Waals surface area contributed by atoms with Gasteiger partial charge in [0.25, 0.3) is 5.91 Å². The van der Waals surface area contributed by atoms with Gasteiger partial charge in [-0.05, 0) is 33.3 Å². The van der Waals surface area contributed by atoms with E-state index in [1.807, 2.05) is 24.8 Å². The molecule has 0 radical (unpaired) electrons. The minimum absolute atomic E-state index is 0.0366. The van der Waals surface area contributed by atoms with Crippen molar-refractivity contribution in [3.8, 4) is 0 Å². The van der Waals surface area contributed by atoms with Gasteiger partial charge in [0.2, 0.25) is 0 Å². The van der Waals surface area contributed by atoms with Gasteiger partial charge in [-0.2, -0.15) is 0 Å². The van der Waals surface area contributed by atoms with Crippen LogP contribution in [0.4, 0.5) is 5.69 Å². The number of rotatable bonds is 1. The molecule has 0 aromatic carbocycles. The topological polar surface area (TPSA) is 59.2 Å². The summed E-state index contributed by atoms with van der Waals surface area (Å²) in [6.45, 7) is 7.45. The van der Waals surface area contributed by atoms with E-state index >= 15 is 0 Å². The number of carbonyl (C=O) groups excluding carboxylic acids is 1. The molecule has 4 nitrogen and oxygen atoms in total. The van der Waals surface area contributed by atoms with Crippen LogP contribution in [0.3, 0.4) is 0 Å². The lowest BCUT2D eigenvalue weighted by Crippen LogP contribution is -2.34. The predicted molar refractivity (Wildman–Crippen MR) is 87.8 cm³/mol. The Morgan fingerprint density at radius 2 is 2.14 bits per heavy atom. The number of amides is 1. The number of fused-ring (bicyclic) bond motifs is 1. The molecule has 1 aliphatic rings. The fourth-order valence-electron chi connectivity index (χ4n) is 2.74. The summed E-state index contributed by atoms with van der Waals surface area (Å²) in [6.07, 6.45) is 3.05.